The molecular weight excluding hydrogens is 316 g/mol. The van der Waals surface area contributed by atoms with Gasteiger partial charge in [-0.2, -0.15) is 0 Å². The number of amides is 3. The zero-order chi connectivity index (χ0) is 16.2. The molecule has 120 valence electrons. The van der Waals surface area contributed by atoms with Crippen LogP contribution in [0.2, 0.25) is 0 Å². The third-order valence-corrected chi connectivity index (χ3v) is 4.54. The summed E-state index contributed by atoms with van der Waals surface area (Å²) in [5.74, 6) is -0.637. The largest absolute Gasteiger partial charge is 0.378 e. The summed E-state index contributed by atoms with van der Waals surface area (Å²) in [5.41, 5.74) is 0.845. The maximum absolute atomic E-state index is 12.4. The number of carbonyl (C=O) groups is 3. The Balaban J connectivity index is 1.69. The van der Waals surface area contributed by atoms with E-state index in [0.29, 0.717) is 31.2 Å². The molecule has 0 bridgehead atoms. The van der Waals surface area contributed by atoms with Gasteiger partial charge >= 0.3 is 0 Å². The average Bonchev–Trinajstić information content (AvgIpc) is 2.84. The summed E-state index contributed by atoms with van der Waals surface area (Å²) >= 11 is 0.868. The van der Waals surface area contributed by atoms with E-state index in [-0.39, 0.29) is 12.5 Å². The number of benzene rings is 1. The lowest BCUT2D eigenvalue weighted by Gasteiger charge is -2.28. The summed E-state index contributed by atoms with van der Waals surface area (Å²) < 4.78 is 5.19. The molecule has 3 amide bonds. The first kappa shape index (κ1) is 15.8. The topological polar surface area (TPSA) is 66.9 Å². The zero-order valence-corrected chi connectivity index (χ0v) is 13.3. The lowest BCUT2D eigenvalue weighted by Crippen LogP contribution is -2.46. The third-order valence-electron chi connectivity index (χ3n) is 3.63. The van der Waals surface area contributed by atoms with Gasteiger partial charge in [-0.15, -0.1) is 0 Å². The van der Waals surface area contributed by atoms with Gasteiger partial charge in [0, 0.05) is 13.1 Å². The predicted molar refractivity (Wildman–Crippen MR) is 86.5 cm³/mol. The Kier molecular flexibility index (Phi) is 4.78. The number of carbonyl (C=O) groups excluding carboxylic acids is 3. The second-order valence-corrected chi connectivity index (χ2v) is 6.16. The van der Waals surface area contributed by atoms with E-state index in [2.05, 4.69) is 0 Å². The maximum Gasteiger partial charge on any atom is 0.294 e. The van der Waals surface area contributed by atoms with Crippen LogP contribution < -0.4 is 0 Å². The van der Waals surface area contributed by atoms with E-state index < -0.39 is 11.1 Å². The molecule has 0 aliphatic carbocycles. The van der Waals surface area contributed by atoms with Gasteiger partial charge in [0.2, 0.25) is 5.91 Å². The predicted octanol–water partition coefficient (Wildman–Crippen LogP) is 1.58. The fourth-order valence-corrected chi connectivity index (χ4v) is 3.22. The quantitative estimate of drug-likeness (QED) is 0.786. The van der Waals surface area contributed by atoms with E-state index >= 15 is 0 Å². The number of hydrogen-bond acceptors (Lipinski definition) is 5. The van der Waals surface area contributed by atoms with Crippen LogP contribution in [0.15, 0.2) is 35.2 Å². The third kappa shape index (κ3) is 3.62. The smallest absolute Gasteiger partial charge is 0.294 e. The molecule has 0 radical (unpaired) electrons. The van der Waals surface area contributed by atoms with Gasteiger partial charge < -0.3 is 9.64 Å². The number of morpholine rings is 1. The van der Waals surface area contributed by atoms with Crippen molar-refractivity contribution in [2.75, 3.05) is 32.8 Å². The normalized spacial score (nSPS) is 20.4. The number of ether oxygens (including phenoxy) is 1. The summed E-state index contributed by atoms with van der Waals surface area (Å²) in [5, 5.41) is -0.404. The molecule has 0 atom stereocenters. The highest BCUT2D eigenvalue weighted by Gasteiger charge is 2.37. The molecule has 2 heterocycles. The van der Waals surface area contributed by atoms with E-state index in [0.717, 1.165) is 22.2 Å². The molecule has 23 heavy (non-hydrogen) atoms. The second kappa shape index (κ2) is 6.97. The van der Waals surface area contributed by atoms with Crippen molar-refractivity contribution in [3.05, 3.63) is 40.8 Å². The minimum absolute atomic E-state index is 0.212. The molecule has 2 fully saturated rings. The number of thioether (sulfide) groups is 1. The first-order valence-corrected chi connectivity index (χ1v) is 8.13. The molecule has 2 aliphatic rings. The molecule has 1 aromatic rings. The van der Waals surface area contributed by atoms with Crippen LogP contribution in [-0.2, 0) is 14.3 Å². The molecule has 0 unspecified atom stereocenters. The van der Waals surface area contributed by atoms with Crippen LogP contribution in [0.25, 0.3) is 6.08 Å². The Hall–Kier alpha value is -2.12. The van der Waals surface area contributed by atoms with Crippen molar-refractivity contribution in [3.8, 4) is 0 Å². The van der Waals surface area contributed by atoms with E-state index in [4.69, 9.17) is 4.74 Å². The summed E-state index contributed by atoms with van der Waals surface area (Å²) in [6, 6.07) is 9.31. The Labute approximate surface area is 138 Å². The van der Waals surface area contributed by atoms with Gasteiger partial charge in [-0.1, -0.05) is 30.3 Å². The van der Waals surface area contributed by atoms with Crippen molar-refractivity contribution in [1.82, 2.24) is 9.80 Å². The highest BCUT2D eigenvalue weighted by atomic mass is 32.2. The first-order chi connectivity index (χ1) is 11.1. The summed E-state index contributed by atoms with van der Waals surface area (Å²) in [6.45, 7) is 1.75. The van der Waals surface area contributed by atoms with Crippen LogP contribution >= 0.6 is 11.8 Å². The molecule has 0 aromatic heterocycles. The van der Waals surface area contributed by atoms with Gasteiger partial charge in [0.1, 0.15) is 6.54 Å². The van der Waals surface area contributed by atoms with Crippen molar-refractivity contribution >= 4 is 34.9 Å². The lowest BCUT2D eigenvalue weighted by atomic mass is 10.2. The van der Waals surface area contributed by atoms with Crippen LogP contribution in [0.3, 0.4) is 0 Å². The number of nitrogens with zero attached hydrogens (tertiary/aromatic N) is 2. The van der Waals surface area contributed by atoms with E-state index in [1.807, 2.05) is 30.3 Å². The van der Waals surface area contributed by atoms with Gasteiger partial charge in [-0.3, -0.25) is 19.3 Å². The Morgan fingerprint density at radius 3 is 2.57 bits per heavy atom. The molecule has 2 aliphatic heterocycles. The number of hydrogen-bond donors (Lipinski definition) is 0. The molecule has 0 spiro atoms. The summed E-state index contributed by atoms with van der Waals surface area (Å²) in [4.78, 5) is 39.6. The Morgan fingerprint density at radius 2 is 1.87 bits per heavy atom. The molecule has 2 saturated heterocycles. The second-order valence-electron chi connectivity index (χ2n) is 5.17. The van der Waals surface area contributed by atoms with Crippen molar-refractivity contribution in [2.24, 2.45) is 0 Å². The van der Waals surface area contributed by atoms with Crippen molar-refractivity contribution in [1.29, 1.82) is 0 Å². The highest BCUT2D eigenvalue weighted by Crippen LogP contribution is 2.32. The van der Waals surface area contributed by atoms with Gasteiger partial charge in [0.15, 0.2) is 0 Å². The van der Waals surface area contributed by atoms with Gasteiger partial charge in [0.25, 0.3) is 11.1 Å². The van der Waals surface area contributed by atoms with Crippen LogP contribution in [0.4, 0.5) is 4.79 Å². The van der Waals surface area contributed by atoms with Crippen molar-refractivity contribution in [3.63, 3.8) is 0 Å². The molecule has 0 N–H and O–H groups in total. The summed E-state index contributed by atoms with van der Waals surface area (Å²) in [6.07, 6.45) is 1.67. The molecule has 7 heteroatoms. The van der Waals surface area contributed by atoms with Crippen molar-refractivity contribution < 1.29 is 19.1 Å². The van der Waals surface area contributed by atoms with Crippen LogP contribution in [-0.4, -0.2) is 59.7 Å². The minimum atomic E-state index is -0.412. The zero-order valence-electron chi connectivity index (χ0n) is 12.4. The van der Waals surface area contributed by atoms with Crippen LogP contribution in [0.1, 0.15) is 5.56 Å². The molecule has 6 nitrogen and oxygen atoms in total. The number of imide groups is 1. The van der Waals surface area contributed by atoms with Gasteiger partial charge in [0.05, 0.1) is 18.1 Å². The van der Waals surface area contributed by atoms with Crippen LogP contribution in [0.5, 0.6) is 0 Å². The molecular formula is C16H16N2O4S. The maximum atomic E-state index is 12.4. The highest BCUT2D eigenvalue weighted by molar-refractivity contribution is 8.18. The Morgan fingerprint density at radius 1 is 1.17 bits per heavy atom. The Bertz CT molecular complexity index is 653. The molecule has 0 saturated carbocycles. The van der Waals surface area contributed by atoms with Crippen LogP contribution in [0, 0.1) is 0 Å². The standard InChI is InChI=1S/C16H16N2O4S/c19-14(17-6-8-22-9-7-17)11-18-15(20)13(23-16(18)21)10-12-4-2-1-3-5-12/h1-5,10H,6-9,11H2/b13-10+. The van der Waals surface area contributed by atoms with E-state index in [1.165, 1.54) is 0 Å². The monoisotopic (exact) mass is 332 g/mol. The van der Waals surface area contributed by atoms with E-state index in [1.54, 1.807) is 11.0 Å². The summed E-state index contributed by atoms with van der Waals surface area (Å²) in [7, 11) is 0. The fraction of sp³-hybridized carbons (Fsp3) is 0.312. The molecule has 3 rings (SSSR count). The minimum Gasteiger partial charge on any atom is -0.378 e. The molecule has 1 aromatic carbocycles. The van der Waals surface area contributed by atoms with Gasteiger partial charge in [-0.05, 0) is 23.4 Å². The SMILES string of the molecule is O=C(CN1C(=O)S/C(=C/c2ccccc2)C1=O)N1CCOCC1. The van der Waals surface area contributed by atoms with E-state index in [9.17, 15) is 14.4 Å². The fourth-order valence-electron chi connectivity index (χ4n) is 2.38. The van der Waals surface area contributed by atoms with Gasteiger partial charge in [-0.25, -0.2) is 0 Å². The number of rotatable bonds is 3. The van der Waals surface area contributed by atoms with Crippen molar-refractivity contribution in [2.45, 2.75) is 0 Å². The average molecular weight is 332 g/mol. The first-order valence-electron chi connectivity index (χ1n) is 7.31. The lowest BCUT2D eigenvalue weighted by molar-refractivity contribution is -0.139.